The van der Waals surface area contributed by atoms with E-state index in [4.69, 9.17) is 9.47 Å². The predicted molar refractivity (Wildman–Crippen MR) is 106 cm³/mol. The number of rotatable bonds is 8. The number of methoxy groups -OCH3 is 1. The molecule has 0 aliphatic rings. The average molecular weight is 434 g/mol. The molecule has 0 spiro atoms. The van der Waals surface area contributed by atoms with Gasteiger partial charge in [-0.1, -0.05) is 25.1 Å². The van der Waals surface area contributed by atoms with E-state index in [1.54, 1.807) is 42.5 Å². The van der Waals surface area contributed by atoms with Crippen molar-refractivity contribution < 1.29 is 24.2 Å². The number of carbonyl (C=O) groups excluding carboxylic acids is 1. The molecule has 0 saturated carbocycles. The Morgan fingerprint density at radius 1 is 1.22 bits per heavy atom. The highest BCUT2D eigenvalue weighted by atomic mass is 79.9. The van der Waals surface area contributed by atoms with Crippen molar-refractivity contribution in [3.8, 4) is 11.5 Å². The highest BCUT2D eigenvalue weighted by molar-refractivity contribution is 9.10. The average Bonchev–Trinajstić information content (AvgIpc) is 2.66. The van der Waals surface area contributed by atoms with Crippen molar-refractivity contribution in [1.29, 1.82) is 0 Å². The number of carboxylic acid groups (broad SMARTS) is 1. The van der Waals surface area contributed by atoms with Gasteiger partial charge in [0.25, 0.3) is 5.91 Å². The smallest absolute Gasteiger partial charge is 0.352 e. The van der Waals surface area contributed by atoms with Gasteiger partial charge in [-0.2, -0.15) is 0 Å². The number of amides is 1. The number of hydrogen-bond acceptors (Lipinski definition) is 4. The van der Waals surface area contributed by atoms with Crippen LogP contribution >= 0.6 is 15.9 Å². The fraction of sp³-hybridized carbons (Fsp3) is 0.200. The van der Waals surface area contributed by atoms with Gasteiger partial charge in [-0.15, -0.1) is 0 Å². The molecular weight excluding hydrogens is 414 g/mol. The summed E-state index contributed by atoms with van der Waals surface area (Å²) in [6, 6.07) is 11.7. The molecule has 0 heterocycles. The van der Waals surface area contributed by atoms with Crippen LogP contribution in [0.3, 0.4) is 0 Å². The summed E-state index contributed by atoms with van der Waals surface area (Å²) in [6.45, 7) is 2.52. The second-order valence-electron chi connectivity index (χ2n) is 5.57. The largest absolute Gasteiger partial charge is 0.493 e. The Balaban J connectivity index is 2.33. The van der Waals surface area contributed by atoms with Crippen LogP contribution in [0.1, 0.15) is 29.3 Å². The molecule has 2 rings (SSSR count). The fourth-order valence-electron chi connectivity index (χ4n) is 2.27. The fourth-order valence-corrected chi connectivity index (χ4v) is 2.84. The molecule has 0 aliphatic heterocycles. The summed E-state index contributed by atoms with van der Waals surface area (Å²) < 4.78 is 11.6. The lowest BCUT2D eigenvalue weighted by Gasteiger charge is -2.13. The first-order chi connectivity index (χ1) is 13.0. The summed E-state index contributed by atoms with van der Waals surface area (Å²) in [5, 5.41) is 11.9. The van der Waals surface area contributed by atoms with Gasteiger partial charge >= 0.3 is 5.97 Å². The van der Waals surface area contributed by atoms with Crippen molar-refractivity contribution in [3.63, 3.8) is 0 Å². The first-order valence-electron chi connectivity index (χ1n) is 8.28. The Morgan fingerprint density at radius 3 is 2.52 bits per heavy atom. The van der Waals surface area contributed by atoms with Gasteiger partial charge in [0, 0.05) is 5.56 Å². The van der Waals surface area contributed by atoms with E-state index >= 15 is 0 Å². The molecule has 0 unspecified atom stereocenters. The lowest BCUT2D eigenvalue weighted by molar-refractivity contribution is -0.132. The Kier molecular flexibility index (Phi) is 7.43. The molecule has 0 fully saturated rings. The molecule has 0 radical (unpaired) electrons. The molecule has 27 heavy (non-hydrogen) atoms. The minimum atomic E-state index is -1.25. The van der Waals surface area contributed by atoms with Gasteiger partial charge in [-0.3, -0.25) is 4.79 Å². The molecule has 0 aromatic heterocycles. The summed E-state index contributed by atoms with van der Waals surface area (Å²) in [5.41, 5.74) is 0.653. The highest BCUT2D eigenvalue weighted by Gasteiger charge is 2.15. The van der Waals surface area contributed by atoms with Crippen molar-refractivity contribution in [2.45, 2.75) is 13.3 Å². The summed E-state index contributed by atoms with van der Waals surface area (Å²) >= 11 is 3.41. The molecule has 1 amide bonds. The number of halogens is 1. The van der Waals surface area contributed by atoms with E-state index in [2.05, 4.69) is 21.2 Å². The molecule has 2 aromatic carbocycles. The molecule has 0 bridgehead atoms. The number of carbonyl (C=O) groups is 2. The van der Waals surface area contributed by atoms with Gasteiger partial charge in [0.15, 0.2) is 11.5 Å². The van der Waals surface area contributed by atoms with E-state index in [1.165, 1.54) is 13.2 Å². The first kappa shape index (κ1) is 20.5. The van der Waals surface area contributed by atoms with Crippen LogP contribution in [-0.4, -0.2) is 30.7 Å². The molecule has 0 saturated heterocycles. The lowest BCUT2D eigenvalue weighted by atomic mass is 10.1. The van der Waals surface area contributed by atoms with Gasteiger partial charge in [0.2, 0.25) is 0 Å². The van der Waals surface area contributed by atoms with E-state index in [0.717, 1.165) is 6.42 Å². The summed E-state index contributed by atoms with van der Waals surface area (Å²) in [7, 11) is 1.50. The second kappa shape index (κ2) is 9.78. The molecule has 0 atom stereocenters. The Morgan fingerprint density at radius 2 is 1.93 bits per heavy atom. The van der Waals surface area contributed by atoms with Crippen LogP contribution in [-0.2, 0) is 4.79 Å². The normalized spacial score (nSPS) is 11.0. The Labute approximate surface area is 165 Å². The third kappa shape index (κ3) is 5.59. The highest BCUT2D eigenvalue weighted by Crippen LogP contribution is 2.37. The zero-order valence-electron chi connectivity index (χ0n) is 15.0. The maximum absolute atomic E-state index is 12.2. The molecular formula is C20H20BrNO5. The van der Waals surface area contributed by atoms with Crippen molar-refractivity contribution >= 4 is 33.9 Å². The van der Waals surface area contributed by atoms with E-state index < -0.39 is 11.9 Å². The number of nitrogens with one attached hydrogen (secondary N) is 1. The van der Waals surface area contributed by atoms with Gasteiger partial charge in [-0.05, 0) is 58.3 Å². The van der Waals surface area contributed by atoms with Gasteiger partial charge in [0.05, 0.1) is 18.2 Å². The SMILES string of the molecule is CCCOc1c(Br)cc(/C=C(/NC(=O)c2ccccc2)C(=O)O)cc1OC. The van der Waals surface area contributed by atoms with Crippen LogP contribution in [0.5, 0.6) is 11.5 Å². The van der Waals surface area contributed by atoms with E-state index in [9.17, 15) is 14.7 Å². The molecule has 0 aliphatic carbocycles. The quantitative estimate of drug-likeness (QED) is 0.612. The number of carboxylic acids is 1. The van der Waals surface area contributed by atoms with Crippen LogP contribution in [0.15, 0.2) is 52.6 Å². The van der Waals surface area contributed by atoms with Crippen LogP contribution in [0.2, 0.25) is 0 Å². The first-order valence-corrected chi connectivity index (χ1v) is 9.07. The van der Waals surface area contributed by atoms with Crippen LogP contribution < -0.4 is 14.8 Å². The lowest BCUT2D eigenvalue weighted by Crippen LogP contribution is -2.27. The van der Waals surface area contributed by atoms with E-state index in [-0.39, 0.29) is 5.70 Å². The van der Waals surface area contributed by atoms with Gasteiger partial charge in [-0.25, -0.2) is 4.79 Å². The second-order valence-corrected chi connectivity index (χ2v) is 6.42. The standard InChI is InChI=1S/C20H20BrNO5/c1-3-9-27-18-15(21)10-13(12-17(18)26-2)11-16(20(24)25)22-19(23)14-7-5-4-6-8-14/h4-8,10-12H,3,9H2,1-2H3,(H,22,23)(H,24,25)/b16-11+. The topological polar surface area (TPSA) is 84.9 Å². The molecule has 7 heteroatoms. The summed E-state index contributed by atoms with van der Waals surface area (Å²) in [6.07, 6.45) is 2.20. The molecule has 6 nitrogen and oxygen atoms in total. The number of aliphatic carboxylic acids is 1. The van der Waals surface area contributed by atoms with Crippen LogP contribution in [0.4, 0.5) is 0 Å². The Bertz CT molecular complexity index is 849. The van der Waals surface area contributed by atoms with E-state index in [0.29, 0.717) is 33.7 Å². The molecule has 2 N–H and O–H groups in total. The van der Waals surface area contributed by atoms with Crippen LogP contribution in [0.25, 0.3) is 6.08 Å². The minimum absolute atomic E-state index is 0.250. The zero-order valence-corrected chi connectivity index (χ0v) is 16.6. The third-order valence-corrected chi connectivity index (χ3v) is 4.12. The number of ether oxygens (including phenoxy) is 2. The van der Waals surface area contributed by atoms with Gasteiger partial charge in [0.1, 0.15) is 5.70 Å². The van der Waals surface area contributed by atoms with Crippen molar-refractivity contribution in [2.75, 3.05) is 13.7 Å². The molecule has 142 valence electrons. The van der Waals surface area contributed by atoms with Gasteiger partial charge < -0.3 is 19.9 Å². The number of benzene rings is 2. The minimum Gasteiger partial charge on any atom is -0.493 e. The van der Waals surface area contributed by atoms with Crippen molar-refractivity contribution in [3.05, 3.63) is 63.8 Å². The van der Waals surface area contributed by atoms with Crippen molar-refractivity contribution in [2.24, 2.45) is 0 Å². The summed E-state index contributed by atoms with van der Waals surface area (Å²) in [4.78, 5) is 23.8. The monoisotopic (exact) mass is 433 g/mol. The molecule has 2 aromatic rings. The zero-order chi connectivity index (χ0) is 19.8. The van der Waals surface area contributed by atoms with Crippen molar-refractivity contribution in [1.82, 2.24) is 5.32 Å². The maximum Gasteiger partial charge on any atom is 0.352 e. The third-order valence-electron chi connectivity index (χ3n) is 3.53. The summed E-state index contributed by atoms with van der Waals surface area (Å²) in [5.74, 6) is -0.747. The maximum atomic E-state index is 12.2. The number of hydrogen-bond donors (Lipinski definition) is 2. The Hall–Kier alpha value is -2.80. The van der Waals surface area contributed by atoms with Crippen LogP contribution in [0, 0.1) is 0 Å². The predicted octanol–water partition coefficient (Wildman–Crippen LogP) is 4.10. The van der Waals surface area contributed by atoms with E-state index in [1.807, 2.05) is 6.92 Å².